The predicted molar refractivity (Wildman–Crippen MR) is 127 cm³/mol. The molecule has 2 fully saturated rings. The van der Waals surface area contributed by atoms with Crippen LogP contribution in [-0.2, 0) is 9.53 Å². The minimum atomic E-state index is -0.635. The second-order valence-corrected chi connectivity index (χ2v) is 8.65. The first-order valence-corrected chi connectivity index (χ1v) is 11.4. The number of pyridine rings is 1. The molecule has 1 aliphatic carbocycles. The molecular weight excluding hydrogens is 454 g/mol. The number of amides is 2. The smallest absolute Gasteiger partial charge is 0.255 e. The van der Waals surface area contributed by atoms with E-state index < -0.39 is 23.2 Å². The van der Waals surface area contributed by atoms with Crippen LogP contribution in [0.5, 0.6) is 0 Å². The molecule has 0 bridgehead atoms. The van der Waals surface area contributed by atoms with Crippen molar-refractivity contribution < 1.29 is 23.1 Å². The maximum atomic E-state index is 14.5. The third-order valence-electron chi connectivity index (χ3n) is 6.45. The molecular formula is C26H24F2N4O3. The Labute approximate surface area is 201 Å². The second-order valence-electron chi connectivity index (χ2n) is 8.65. The molecule has 2 aromatic carbocycles. The molecule has 2 N–H and O–H groups in total. The molecule has 0 atom stereocenters. The molecule has 2 amide bonds. The highest BCUT2D eigenvalue weighted by molar-refractivity contribution is 6.06. The van der Waals surface area contributed by atoms with Crippen molar-refractivity contribution in [1.82, 2.24) is 9.88 Å². The molecule has 1 aromatic heterocycles. The average molecular weight is 478 g/mol. The molecule has 0 unspecified atom stereocenters. The number of morpholine rings is 1. The normalized spacial score (nSPS) is 17.0. The van der Waals surface area contributed by atoms with Crippen LogP contribution in [0.2, 0.25) is 0 Å². The van der Waals surface area contributed by atoms with Crippen LogP contribution in [0.25, 0.3) is 11.1 Å². The number of nitrogens with one attached hydrogen (secondary N) is 2. The molecule has 9 heteroatoms. The van der Waals surface area contributed by atoms with Crippen molar-refractivity contribution in [2.24, 2.45) is 0 Å². The number of carbonyl (C=O) groups is 2. The summed E-state index contributed by atoms with van der Waals surface area (Å²) in [6.07, 6.45) is 2.79. The Balaban J connectivity index is 1.27. The molecule has 3 aromatic rings. The van der Waals surface area contributed by atoms with E-state index in [1.807, 2.05) is 0 Å². The van der Waals surface area contributed by atoms with Crippen LogP contribution in [0.15, 0.2) is 60.8 Å². The quantitative estimate of drug-likeness (QED) is 0.522. The van der Waals surface area contributed by atoms with Crippen LogP contribution in [-0.4, -0.2) is 53.5 Å². The molecule has 2 heterocycles. The van der Waals surface area contributed by atoms with Gasteiger partial charge in [-0.3, -0.25) is 14.5 Å². The monoisotopic (exact) mass is 478 g/mol. The number of ether oxygens (including phenoxy) is 1. The number of halogens is 2. The summed E-state index contributed by atoms with van der Waals surface area (Å²) < 4.78 is 33.8. The zero-order valence-electron chi connectivity index (χ0n) is 18.9. The minimum absolute atomic E-state index is 0.0374. The Morgan fingerprint density at radius 1 is 0.971 bits per heavy atom. The van der Waals surface area contributed by atoms with Gasteiger partial charge in [-0.1, -0.05) is 12.1 Å². The van der Waals surface area contributed by atoms with E-state index in [2.05, 4.69) is 20.5 Å². The van der Waals surface area contributed by atoms with Crippen LogP contribution in [0.1, 0.15) is 23.2 Å². The lowest BCUT2D eigenvalue weighted by Crippen LogP contribution is -2.51. The second kappa shape index (κ2) is 9.52. The Hall–Kier alpha value is -3.69. The van der Waals surface area contributed by atoms with E-state index in [1.165, 1.54) is 18.3 Å². The molecule has 0 spiro atoms. The van der Waals surface area contributed by atoms with Crippen LogP contribution in [0.4, 0.5) is 20.2 Å². The van der Waals surface area contributed by atoms with Crippen molar-refractivity contribution in [3.05, 3.63) is 78.1 Å². The molecule has 180 valence electrons. The van der Waals surface area contributed by atoms with Crippen LogP contribution in [0.3, 0.4) is 0 Å². The van der Waals surface area contributed by atoms with Gasteiger partial charge >= 0.3 is 0 Å². The molecule has 35 heavy (non-hydrogen) atoms. The van der Waals surface area contributed by atoms with Crippen molar-refractivity contribution in [3.8, 4) is 11.1 Å². The lowest BCUT2D eigenvalue weighted by molar-refractivity contribution is -0.124. The first-order valence-electron chi connectivity index (χ1n) is 11.4. The van der Waals surface area contributed by atoms with Gasteiger partial charge in [0.05, 0.1) is 18.9 Å². The van der Waals surface area contributed by atoms with Crippen LogP contribution < -0.4 is 10.6 Å². The summed E-state index contributed by atoms with van der Waals surface area (Å²) in [4.78, 5) is 31.5. The van der Waals surface area contributed by atoms with Gasteiger partial charge < -0.3 is 15.4 Å². The standard InChI is InChI=1S/C26H24F2N4O3/c27-21-8-5-18(16-22(21)31-25(34)26(9-10-26)32-12-14-35-15-13-32)24(33)30-19-6-3-17(4-7-19)20-2-1-11-29-23(20)28/h1-8,11,16H,9-10,12-15H2,(H,30,33)(H,31,34). The van der Waals surface area contributed by atoms with E-state index in [0.717, 1.165) is 6.07 Å². The molecule has 1 saturated heterocycles. The van der Waals surface area contributed by atoms with E-state index in [4.69, 9.17) is 4.74 Å². The number of anilines is 2. The average Bonchev–Trinajstić information content (AvgIpc) is 3.69. The van der Waals surface area contributed by atoms with Crippen molar-refractivity contribution in [1.29, 1.82) is 0 Å². The van der Waals surface area contributed by atoms with E-state index in [-0.39, 0.29) is 17.2 Å². The maximum Gasteiger partial charge on any atom is 0.255 e. The Morgan fingerprint density at radius 2 is 1.71 bits per heavy atom. The Kier molecular flexibility index (Phi) is 6.27. The van der Waals surface area contributed by atoms with Crippen LogP contribution in [0, 0.1) is 11.8 Å². The van der Waals surface area contributed by atoms with Gasteiger partial charge in [0, 0.05) is 36.1 Å². The maximum absolute atomic E-state index is 14.5. The minimum Gasteiger partial charge on any atom is -0.379 e. The van der Waals surface area contributed by atoms with Gasteiger partial charge in [-0.15, -0.1) is 0 Å². The summed E-state index contributed by atoms with van der Waals surface area (Å²) in [6.45, 7) is 2.45. The van der Waals surface area contributed by atoms with Gasteiger partial charge in [0.25, 0.3) is 5.91 Å². The van der Waals surface area contributed by atoms with Gasteiger partial charge in [0.2, 0.25) is 11.9 Å². The fraction of sp³-hybridized carbons (Fsp3) is 0.269. The van der Waals surface area contributed by atoms with Crippen molar-refractivity contribution >= 4 is 23.2 Å². The topological polar surface area (TPSA) is 83.6 Å². The summed E-state index contributed by atoms with van der Waals surface area (Å²) in [5, 5.41) is 5.42. The third-order valence-corrected chi connectivity index (χ3v) is 6.45. The van der Waals surface area contributed by atoms with Gasteiger partial charge in [-0.2, -0.15) is 4.39 Å². The number of aromatic nitrogens is 1. The first kappa shape index (κ1) is 23.1. The highest BCUT2D eigenvalue weighted by Crippen LogP contribution is 2.43. The van der Waals surface area contributed by atoms with Gasteiger partial charge in [-0.05, 0) is 60.9 Å². The summed E-state index contributed by atoms with van der Waals surface area (Å²) in [7, 11) is 0. The van der Waals surface area contributed by atoms with Crippen molar-refractivity contribution in [2.45, 2.75) is 18.4 Å². The number of hydrogen-bond acceptors (Lipinski definition) is 5. The molecule has 2 aliphatic rings. The van der Waals surface area contributed by atoms with E-state index in [9.17, 15) is 18.4 Å². The zero-order chi connectivity index (χ0) is 24.4. The van der Waals surface area contributed by atoms with E-state index >= 15 is 0 Å². The molecule has 1 saturated carbocycles. The summed E-state index contributed by atoms with van der Waals surface area (Å²) >= 11 is 0. The Morgan fingerprint density at radius 3 is 2.40 bits per heavy atom. The lowest BCUT2D eigenvalue weighted by Gasteiger charge is -2.33. The molecule has 5 rings (SSSR count). The van der Waals surface area contributed by atoms with Crippen molar-refractivity contribution in [3.63, 3.8) is 0 Å². The lowest BCUT2D eigenvalue weighted by atomic mass is 10.1. The highest BCUT2D eigenvalue weighted by atomic mass is 19.1. The highest BCUT2D eigenvalue weighted by Gasteiger charge is 2.54. The molecule has 1 aliphatic heterocycles. The van der Waals surface area contributed by atoms with Gasteiger partial charge in [-0.25, -0.2) is 9.37 Å². The molecule has 7 nitrogen and oxygen atoms in total. The van der Waals surface area contributed by atoms with Gasteiger partial charge in [0.15, 0.2) is 0 Å². The number of hydrogen-bond donors (Lipinski definition) is 2. The zero-order valence-corrected chi connectivity index (χ0v) is 18.9. The summed E-state index contributed by atoms with van der Waals surface area (Å²) in [5.74, 6) is -1.92. The van der Waals surface area contributed by atoms with Gasteiger partial charge in [0.1, 0.15) is 11.4 Å². The number of rotatable bonds is 6. The fourth-order valence-electron chi connectivity index (χ4n) is 4.34. The number of carbonyl (C=O) groups excluding carboxylic acids is 2. The SMILES string of the molecule is O=C(Nc1ccc(-c2cccnc2F)cc1)c1ccc(F)c(NC(=O)C2(N3CCOCC3)CC2)c1. The summed E-state index contributed by atoms with van der Waals surface area (Å²) in [5.41, 5.74) is 0.987. The number of benzene rings is 2. The predicted octanol–water partition coefficient (Wildman–Crippen LogP) is 4.08. The van der Waals surface area contributed by atoms with Crippen molar-refractivity contribution in [2.75, 3.05) is 36.9 Å². The molecule has 0 radical (unpaired) electrons. The van der Waals surface area contributed by atoms with E-state index in [0.29, 0.717) is 56.0 Å². The number of nitrogens with zero attached hydrogens (tertiary/aromatic N) is 2. The Bertz CT molecular complexity index is 1260. The largest absolute Gasteiger partial charge is 0.379 e. The fourth-order valence-corrected chi connectivity index (χ4v) is 4.34. The van der Waals surface area contributed by atoms with E-state index in [1.54, 1.807) is 36.4 Å². The third kappa shape index (κ3) is 4.78. The van der Waals surface area contributed by atoms with Crippen LogP contribution >= 0.6 is 0 Å². The first-order chi connectivity index (χ1) is 17.0. The summed E-state index contributed by atoms with van der Waals surface area (Å²) in [6, 6.07) is 13.7.